The summed E-state index contributed by atoms with van der Waals surface area (Å²) < 4.78 is 20.5. The van der Waals surface area contributed by atoms with Crippen molar-refractivity contribution >= 4 is 0 Å². The molecular weight excluding hydrogens is 348 g/mol. The van der Waals surface area contributed by atoms with Crippen molar-refractivity contribution in [1.29, 1.82) is 0 Å². The first-order valence-corrected chi connectivity index (χ1v) is 9.61. The van der Waals surface area contributed by atoms with Crippen LogP contribution in [-0.4, -0.2) is 39.6 Å². The molecule has 1 N–H and O–H groups in total. The van der Waals surface area contributed by atoms with Crippen LogP contribution in [0, 0.1) is 12.3 Å². The molecule has 2 bridgehead atoms. The van der Waals surface area contributed by atoms with Crippen LogP contribution in [-0.2, 0) is 14.2 Å². The molecule has 0 aromatic carbocycles. The largest absolute Gasteiger partial charge is 0.371 e. The van der Waals surface area contributed by atoms with E-state index in [9.17, 15) is 9.59 Å². The summed E-state index contributed by atoms with van der Waals surface area (Å²) in [5, 5.41) is 0. The van der Waals surface area contributed by atoms with Crippen molar-refractivity contribution in [1.82, 2.24) is 9.55 Å². The third-order valence-corrected chi connectivity index (χ3v) is 5.02. The predicted octanol–water partition coefficient (Wildman–Crippen LogP) is 2.52. The number of nitrogens with one attached hydrogen (secondary N) is 1. The van der Waals surface area contributed by atoms with Gasteiger partial charge in [0, 0.05) is 18.2 Å². The molecule has 0 amide bonds. The van der Waals surface area contributed by atoms with Gasteiger partial charge in [-0.3, -0.25) is 14.3 Å². The van der Waals surface area contributed by atoms with Gasteiger partial charge in [-0.15, -0.1) is 0 Å². The molecule has 0 radical (unpaired) electrons. The standard InChI is InChI=1S/C20H32N2O5/c1-12-10-22(17(24)21-15(12)23)16-13-14(26-19(5,6)7)20(27-16,8-9-25-13)11-18(2,3)4/h10,13-14,16H,8-9,11H2,1-7H3,(H,21,23,24)/t13-,14+,16-,20-/m1/s1. The highest BCUT2D eigenvalue weighted by Crippen LogP contribution is 2.51. The molecule has 7 heteroatoms. The van der Waals surface area contributed by atoms with Crippen LogP contribution in [0.25, 0.3) is 0 Å². The molecule has 0 saturated carbocycles. The van der Waals surface area contributed by atoms with Gasteiger partial charge < -0.3 is 14.2 Å². The fourth-order valence-corrected chi connectivity index (χ4v) is 4.24. The molecule has 2 aliphatic rings. The summed E-state index contributed by atoms with van der Waals surface area (Å²) in [6.45, 7) is 14.8. The molecule has 7 nitrogen and oxygen atoms in total. The maximum Gasteiger partial charge on any atom is 0.330 e. The van der Waals surface area contributed by atoms with Crippen molar-refractivity contribution in [3.63, 3.8) is 0 Å². The Morgan fingerprint density at radius 1 is 1.26 bits per heavy atom. The van der Waals surface area contributed by atoms with Crippen LogP contribution in [0.4, 0.5) is 0 Å². The third kappa shape index (κ3) is 4.05. The maximum absolute atomic E-state index is 12.5. The number of hydrogen-bond donors (Lipinski definition) is 1. The fourth-order valence-electron chi connectivity index (χ4n) is 4.24. The van der Waals surface area contributed by atoms with Gasteiger partial charge in [0.25, 0.3) is 5.56 Å². The molecule has 27 heavy (non-hydrogen) atoms. The second-order valence-electron chi connectivity index (χ2n) is 10.0. The molecule has 0 spiro atoms. The molecule has 3 heterocycles. The fraction of sp³-hybridized carbons (Fsp3) is 0.800. The van der Waals surface area contributed by atoms with E-state index < -0.39 is 23.6 Å². The number of nitrogens with zero attached hydrogens (tertiary/aromatic N) is 1. The van der Waals surface area contributed by atoms with E-state index in [-0.39, 0.29) is 22.7 Å². The summed E-state index contributed by atoms with van der Waals surface area (Å²) in [7, 11) is 0. The van der Waals surface area contributed by atoms with Gasteiger partial charge in [-0.2, -0.15) is 0 Å². The Morgan fingerprint density at radius 2 is 1.93 bits per heavy atom. The Labute approximate surface area is 160 Å². The third-order valence-electron chi connectivity index (χ3n) is 5.02. The number of hydrogen-bond acceptors (Lipinski definition) is 5. The van der Waals surface area contributed by atoms with E-state index in [1.54, 1.807) is 13.1 Å². The molecule has 4 atom stereocenters. The molecule has 0 unspecified atom stereocenters. The van der Waals surface area contributed by atoms with Crippen LogP contribution in [0.1, 0.15) is 66.2 Å². The van der Waals surface area contributed by atoms with Gasteiger partial charge in [0.05, 0.1) is 12.2 Å². The first-order chi connectivity index (χ1) is 12.3. The zero-order chi connectivity index (χ0) is 20.2. The molecule has 1 aromatic rings. The van der Waals surface area contributed by atoms with Crippen molar-refractivity contribution in [2.45, 2.75) is 90.9 Å². The van der Waals surface area contributed by atoms with Crippen LogP contribution < -0.4 is 11.2 Å². The molecule has 2 aliphatic heterocycles. The molecule has 152 valence electrons. The molecule has 2 fully saturated rings. The summed E-state index contributed by atoms with van der Waals surface area (Å²) in [4.78, 5) is 26.6. The molecule has 3 rings (SSSR count). The number of H-pyrrole nitrogens is 1. The molecule has 0 aliphatic carbocycles. The summed E-state index contributed by atoms with van der Waals surface area (Å²) in [5.41, 5.74) is -1.32. The highest BCUT2D eigenvalue weighted by Gasteiger charge is 2.61. The van der Waals surface area contributed by atoms with E-state index in [1.165, 1.54) is 4.57 Å². The van der Waals surface area contributed by atoms with E-state index in [0.29, 0.717) is 18.6 Å². The van der Waals surface area contributed by atoms with Crippen LogP contribution in [0.15, 0.2) is 15.8 Å². The first kappa shape index (κ1) is 20.3. The minimum absolute atomic E-state index is 0.0160. The minimum atomic E-state index is -0.634. The van der Waals surface area contributed by atoms with E-state index in [2.05, 4.69) is 25.8 Å². The smallest absolute Gasteiger partial charge is 0.330 e. The van der Waals surface area contributed by atoms with Crippen LogP contribution in [0.5, 0.6) is 0 Å². The number of aromatic amines is 1. The van der Waals surface area contributed by atoms with Crippen molar-refractivity contribution in [3.8, 4) is 0 Å². The summed E-state index contributed by atoms with van der Waals surface area (Å²) >= 11 is 0. The Bertz CT molecular complexity index is 813. The Hall–Kier alpha value is -1.44. The Morgan fingerprint density at radius 3 is 2.52 bits per heavy atom. The quantitative estimate of drug-likeness (QED) is 0.871. The van der Waals surface area contributed by atoms with Gasteiger partial charge >= 0.3 is 5.69 Å². The predicted molar refractivity (Wildman–Crippen MR) is 102 cm³/mol. The summed E-state index contributed by atoms with van der Waals surface area (Å²) in [6, 6.07) is 0. The summed E-state index contributed by atoms with van der Waals surface area (Å²) in [5.74, 6) is 0. The lowest BCUT2D eigenvalue weighted by Gasteiger charge is -2.44. The summed E-state index contributed by atoms with van der Waals surface area (Å²) in [6.07, 6.45) is 1.70. The number of aromatic nitrogens is 2. The van der Waals surface area contributed by atoms with Crippen LogP contribution in [0.3, 0.4) is 0 Å². The van der Waals surface area contributed by atoms with Gasteiger partial charge in [0.2, 0.25) is 0 Å². The second kappa shape index (κ2) is 6.57. The number of ether oxygens (including phenoxy) is 3. The van der Waals surface area contributed by atoms with Crippen LogP contribution >= 0.6 is 0 Å². The van der Waals surface area contributed by atoms with Gasteiger partial charge in [0.1, 0.15) is 17.8 Å². The molecule has 2 saturated heterocycles. The molecular formula is C20H32N2O5. The zero-order valence-electron chi connectivity index (χ0n) is 17.4. The van der Waals surface area contributed by atoms with E-state index >= 15 is 0 Å². The molecule has 1 aromatic heterocycles. The average molecular weight is 380 g/mol. The van der Waals surface area contributed by atoms with Gasteiger partial charge in [0.15, 0.2) is 6.23 Å². The monoisotopic (exact) mass is 380 g/mol. The topological polar surface area (TPSA) is 82.6 Å². The van der Waals surface area contributed by atoms with Crippen molar-refractivity contribution in [2.24, 2.45) is 5.41 Å². The van der Waals surface area contributed by atoms with E-state index in [4.69, 9.17) is 14.2 Å². The van der Waals surface area contributed by atoms with E-state index in [1.807, 2.05) is 20.8 Å². The average Bonchev–Trinajstić information content (AvgIpc) is 2.64. The Balaban J connectivity index is 2.07. The normalized spacial score (nSPS) is 31.3. The highest BCUT2D eigenvalue weighted by atomic mass is 16.6. The van der Waals surface area contributed by atoms with Gasteiger partial charge in [-0.05, 0) is 39.5 Å². The van der Waals surface area contributed by atoms with Gasteiger partial charge in [-0.1, -0.05) is 20.8 Å². The van der Waals surface area contributed by atoms with Crippen LogP contribution in [0.2, 0.25) is 0 Å². The van der Waals surface area contributed by atoms with Gasteiger partial charge in [-0.25, -0.2) is 4.79 Å². The maximum atomic E-state index is 12.5. The number of fused-ring (bicyclic) bond motifs is 2. The number of rotatable bonds is 3. The lowest BCUT2D eigenvalue weighted by Crippen LogP contribution is -2.54. The van der Waals surface area contributed by atoms with Crippen molar-refractivity contribution < 1.29 is 14.2 Å². The van der Waals surface area contributed by atoms with E-state index in [0.717, 1.165) is 6.42 Å². The van der Waals surface area contributed by atoms with Crippen molar-refractivity contribution in [2.75, 3.05) is 6.61 Å². The second-order valence-corrected chi connectivity index (χ2v) is 10.0. The SMILES string of the molecule is Cc1cn([C@@H]2O[C@@]3(CC(C)(C)C)CCO[C@@H]2[C@@H]3OC(C)(C)C)c(=O)[nH]c1=O. The first-order valence-electron chi connectivity index (χ1n) is 9.61. The lowest BCUT2D eigenvalue weighted by atomic mass is 9.76. The minimum Gasteiger partial charge on any atom is -0.371 e. The zero-order valence-corrected chi connectivity index (χ0v) is 17.4. The van der Waals surface area contributed by atoms with Crippen molar-refractivity contribution in [3.05, 3.63) is 32.6 Å². The number of aryl methyl sites for hydroxylation is 1. The highest BCUT2D eigenvalue weighted by molar-refractivity contribution is 5.09. The lowest BCUT2D eigenvalue weighted by molar-refractivity contribution is -0.195. The Kier molecular flexibility index (Phi) is 4.94.